The van der Waals surface area contributed by atoms with Gasteiger partial charge in [0.05, 0.1) is 21.5 Å². The summed E-state index contributed by atoms with van der Waals surface area (Å²) in [4.78, 5) is 37.0. The van der Waals surface area contributed by atoms with Gasteiger partial charge < -0.3 is 9.80 Å². The summed E-state index contributed by atoms with van der Waals surface area (Å²) in [5.74, 6) is -5.43. The lowest BCUT2D eigenvalue weighted by Gasteiger charge is -2.40. The quantitative estimate of drug-likeness (QED) is 0.246. The standard InChI is InChI=1S/C29H25F4N5O4S/c1-15-7-5-10-22(43(4,41)42)25(15)38-27-18(13-21(33)24(34-27)23-19(31)8-6-9-20(23)32)26(35-29(38)40)37-12-11-36(14-16(37)2)28(39)17(3)30/h5-10,13,16H,3,11-12,14H2,1-2,4H3/t16-/m0/s1. The lowest BCUT2D eigenvalue weighted by atomic mass is 10.1. The summed E-state index contributed by atoms with van der Waals surface area (Å²) in [7, 11) is -3.93. The van der Waals surface area contributed by atoms with Crippen molar-refractivity contribution in [2.24, 2.45) is 0 Å². The Morgan fingerprint density at radius 3 is 2.28 bits per heavy atom. The van der Waals surface area contributed by atoms with E-state index in [0.717, 1.165) is 35.1 Å². The lowest BCUT2D eigenvalue weighted by molar-refractivity contribution is -0.129. The maximum absolute atomic E-state index is 15.7. The Labute approximate surface area is 243 Å². The maximum Gasteiger partial charge on any atom is 0.355 e. The Kier molecular flexibility index (Phi) is 7.59. The zero-order chi connectivity index (χ0) is 31.4. The normalized spacial score (nSPS) is 15.7. The summed E-state index contributed by atoms with van der Waals surface area (Å²) in [5.41, 5.74) is -2.60. The molecule has 0 N–H and O–H groups in total. The minimum atomic E-state index is -3.93. The first-order valence-corrected chi connectivity index (χ1v) is 14.9. The molecule has 9 nitrogen and oxygen atoms in total. The number of aryl methyl sites for hydroxylation is 1. The van der Waals surface area contributed by atoms with E-state index in [4.69, 9.17) is 0 Å². The van der Waals surface area contributed by atoms with Gasteiger partial charge in [-0.1, -0.05) is 24.8 Å². The van der Waals surface area contributed by atoms with Gasteiger partial charge in [0.25, 0.3) is 5.91 Å². The van der Waals surface area contributed by atoms with Gasteiger partial charge in [-0.05, 0) is 43.7 Å². The van der Waals surface area contributed by atoms with Crippen LogP contribution in [0.5, 0.6) is 0 Å². The van der Waals surface area contributed by atoms with Crippen LogP contribution < -0.4 is 10.6 Å². The second-order valence-electron chi connectivity index (χ2n) is 10.2. The van der Waals surface area contributed by atoms with Gasteiger partial charge in [0, 0.05) is 31.9 Å². The number of sulfone groups is 1. The van der Waals surface area contributed by atoms with Crippen molar-refractivity contribution in [3.63, 3.8) is 0 Å². The Morgan fingerprint density at radius 1 is 1.02 bits per heavy atom. The van der Waals surface area contributed by atoms with Gasteiger partial charge in [-0.2, -0.15) is 4.98 Å². The Morgan fingerprint density at radius 2 is 1.67 bits per heavy atom. The molecule has 1 aliphatic heterocycles. The number of nitrogens with zero attached hydrogens (tertiary/aromatic N) is 5. The van der Waals surface area contributed by atoms with Gasteiger partial charge in [-0.25, -0.2) is 40.3 Å². The average Bonchev–Trinajstić information content (AvgIpc) is 2.92. The molecule has 0 bridgehead atoms. The molecule has 1 saturated heterocycles. The van der Waals surface area contributed by atoms with Crippen LogP contribution in [0, 0.1) is 24.4 Å². The molecule has 0 unspecified atom stereocenters. The van der Waals surface area contributed by atoms with Crippen molar-refractivity contribution in [2.75, 3.05) is 30.8 Å². The summed E-state index contributed by atoms with van der Waals surface area (Å²) in [6.07, 6.45) is 0.947. The first-order chi connectivity index (χ1) is 20.2. The highest BCUT2D eigenvalue weighted by Crippen LogP contribution is 2.34. The van der Waals surface area contributed by atoms with Crippen LogP contribution in [0.15, 0.2) is 64.6 Å². The predicted molar refractivity (Wildman–Crippen MR) is 152 cm³/mol. The molecule has 1 aliphatic rings. The van der Waals surface area contributed by atoms with Crippen LogP contribution in [-0.4, -0.2) is 65.7 Å². The fourth-order valence-electron chi connectivity index (χ4n) is 5.27. The van der Waals surface area contributed by atoms with Crippen LogP contribution in [0.25, 0.3) is 28.0 Å². The summed E-state index contributed by atoms with van der Waals surface area (Å²) in [6, 6.07) is 7.62. The molecule has 4 aromatic rings. The molecule has 14 heteroatoms. The third-order valence-corrected chi connectivity index (χ3v) is 8.37. The topological polar surface area (TPSA) is 105 Å². The number of halogens is 4. The number of para-hydroxylation sites is 1. The van der Waals surface area contributed by atoms with E-state index in [1.165, 1.54) is 17.0 Å². The van der Waals surface area contributed by atoms with Crippen molar-refractivity contribution < 1.29 is 30.8 Å². The van der Waals surface area contributed by atoms with E-state index in [1.807, 2.05) is 0 Å². The zero-order valence-corrected chi connectivity index (χ0v) is 24.1. The molecule has 224 valence electrons. The minimum Gasteiger partial charge on any atom is -0.350 e. The van der Waals surface area contributed by atoms with Gasteiger partial charge in [-0.15, -0.1) is 0 Å². The lowest BCUT2D eigenvalue weighted by Crippen LogP contribution is -2.54. The molecule has 2 aromatic heterocycles. The van der Waals surface area contributed by atoms with E-state index in [1.54, 1.807) is 24.8 Å². The van der Waals surface area contributed by atoms with Crippen LogP contribution in [0.2, 0.25) is 0 Å². The van der Waals surface area contributed by atoms with E-state index in [-0.39, 0.29) is 47.1 Å². The van der Waals surface area contributed by atoms with E-state index in [9.17, 15) is 31.2 Å². The van der Waals surface area contributed by atoms with E-state index in [0.29, 0.717) is 5.56 Å². The van der Waals surface area contributed by atoms with Crippen molar-refractivity contribution in [1.82, 2.24) is 19.4 Å². The first-order valence-electron chi connectivity index (χ1n) is 13.0. The smallest absolute Gasteiger partial charge is 0.350 e. The fourth-order valence-corrected chi connectivity index (χ4v) is 6.20. The van der Waals surface area contributed by atoms with Gasteiger partial charge >= 0.3 is 5.69 Å². The number of aromatic nitrogens is 3. The highest BCUT2D eigenvalue weighted by Gasteiger charge is 2.32. The molecule has 0 saturated carbocycles. The molecule has 43 heavy (non-hydrogen) atoms. The molecule has 0 spiro atoms. The van der Waals surface area contributed by atoms with Crippen LogP contribution in [0.3, 0.4) is 0 Å². The van der Waals surface area contributed by atoms with Gasteiger partial charge in [0.1, 0.15) is 23.1 Å². The number of benzene rings is 2. The number of fused-ring (bicyclic) bond motifs is 1. The first kappa shape index (κ1) is 29.9. The van der Waals surface area contributed by atoms with Crippen molar-refractivity contribution in [2.45, 2.75) is 24.8 Å². The molecular weight excluding hydrogens is 590 g/mol. The number of carbonyl (C=O) groups excluding carboxylic acids is 1. The molecular formula is C29H25F4N5O4S. The highest BCUT2D eigenvalue weighted by molar-refractivity contribution is 7.90. The van der Waals surface area contributed by atoms with Crippen molar-refractivity contribution >= 4 is 32.6 Å². The van der Waals surface area contributed by atoms with Gasteiger partial charge in [-0.3, -0.25) is 4.79 Å². The Bertz CT molecular complexity index is 1980. The number of amides is 1. The number of hydrogen-bond acceptors (Lipinski definition) is 7. The Balaban J connectivity index is 1.84. The molecule has 5 rings (SSSR count). The van der Waals surface area contributed by atoms with E-state index >= 15 is 4.39 Å². The van der Waals surface area contributed by atoms with Crippen molar-refractivity contribution in [3.05, 3.63) is 88.4 Å². The number of hydrogen-bond donors (Lipinski definition) is 0. The van der Waals surface area contributed by atoms with Crippen molar-refractivity contribution in [1.29, 1.82) is 0 Å². The van der Waals surface area contributed by atoms with Gasteiger partial charge in [0.15, 0.2) is 27.1 Å². The van der Waals surface area contributed by atoms with Gasteiger partial charge in [0.2, 0.25) is 0 Å². The third kappa shape index (κ3) is 5.26. The molecule has 0 radical (unpaired) electrons. The second-order valence-corrected chi connectivity index (χ2v) is 12.2. The molecule has 2 aromatic carbocycles. The molecule has 0 aliphatic carbocycles. The number of anilines is 1. The third-order valence-electron chi connectivity index (χ3n) is 7.24. The monoisotopic (exact) mass is 615 g/mol. The summed E-state index contributed by atoms with van der Waals surface area (Å²) in [6.45, 7) is 6.34. The van der Waals surface area contributed by atoms with Crippen molar-refractivity contribution in [3.8, 4) is 16.9 Å². The van der Waals surface area contributed by atoms with Crippen LogP contribution >= 0.6 is 0 Å². The predicted octanol–water partition coefficient (Wildman–Crippen LogP) is 4.10. The second kappa shape index (κ2) is 10.9. The zero-order valence-electron chi connectivity index (χ0n) is 23.2. The SMILES string of the molecule is C=C(F)C(=O)N1CCN(c2nc(=O)n(-c3c(C)cccc3S(C)(=O)=O)c3nc(-c4c(F)cccc4F)c(F)cc23)[C@@H](C)C1. The van der Waals surface area contributed by atoms with E-state index in [2.05, 4.69) is 16.5 Å². The summed E-state index contributed by atoms with van der Waals surface area (Å²) < 4.78 is 85.2. The number of rotatable bonds is 5. The minimum absolute atomic E-state index is 0.0124. The molecule has 1 fully saturated rings. The summed E-state index contributed by atoms with van der Waals surface area (Å²) in [5, 5.41) is -0.0678. The van der Waals surface area contributed by atoms with Crippen LogP contribution in [-0.2, 0) is 14.6 Å². The molecule has 3 heterocycles. The fraction of sp³-hybridized carbons (Fsp3) is 0.241. The average molecular weight is 616 g/mol. The molecule has 1 amide bonds. The van der Waals surface area contributed by atoms with Crippen LogP contribution in [0.4, 0.5) is 23.4 Å². The number of piperazine rings is 1. The largest absolute Gasteiger partial charge is 0.355 e. The number of pyridine rings is 1. The number of carbonyl (C=O) groups is 1. The van der Waals surface area contributed by atoms with E-state index < -0.39 is 62.0 Å². The highest BCUT2D eigenvalue weighted by atomic mass is 32.2. The Hall–Kier alpha value is -4.59. The maximum atomic E-state index is 15.7. The van der Waals surface area contributed by atoms with Crippen LogP contribution in [0.1, 0.15) is 12.5 Å². The molecule has 1 atom stereocenters. The summed E-state index contributed by atoms with van der Waals surface area (Å²) >= 11 is 0.